The van der Waals surface area contributed by atoms with Crippen LogP contribution in [0.3, 0.4) is 0 Å². The van der Waals surface area contributed by atoms with Crippen LogP contribution >= 0.6 is 0 Å². The third-order valence-corrected chi connectivity index (χ3v) is 4.42. The van der Waals surface area contributed by atoms with Gasteiger partial charge in [-0.1, -0.05) is 19.0 Å². The van der Waals surface area contributed by atoms with Gasteiger partial charge < -0.3 is 19.9 Å². The summed E-state index contributed by atoms with van der Waals surface area (Å²) in [6.45, 7) is 6.45. The van der Waals surface area contributed by atoms with E-state index in [1.54, 1.807) is 48.5 Å². The van der Waals surface area contributed by atoms with Crippen LogP contribution in [0.5, 0.6) is 5.75 Å². The van der Waals surface area contributed by atoms with Crippen LogP contribution in [0.15, 0.2) is 53.1 Å². The van der Waals surface area contributed by atoms with Gasteiger partial charge >= 0.3 is 0 Å². The number of carbonyl (C=O) groups is 2. The lowest BCUT2D eigenvalue weighted by Gasteiger charge is -2.08. The molecule has 0 bridgehead atoms. The van der Waals surface area contributed by atoms with Gasteiger partial charge in [-0.2, -0.15) is 4.98 Å². The predicted molar refractivity (Wildman–Crippen MR) is 117 cm³/mol. The zero-order valence-corrected chi connectivity index (χ0v) is 17.8. The van der Waals surface area contributed by atoms with E-state index in [2.05, 4.69) is 20.8 Å². The molecular weight excluding hydrogens is 396 g/mol. The standard InChI is InChI=1S/C23H26N4O4/c1-4-30-19-11-9-18(10-12-19)25-23(29)16-5-7-17(8-6-16)24-20(28)13-14-21-26-22(15(2)3)27-31-21/h5-12,15H,4,13-14H2,1-3H3,(H,24,28)(H,25,29). The number of nitrogens with one attached hydrogen (secondary N) is 2. The van der Waals surface area contributed by atoms with Crippen molar-refractivity contribution in [3.05, 3.63) is 65.8 Å². The fourth-order valence-corrected chi connectivity index (χ4v) is 2.76. The summed E-state index contributed by atoms with van der Waals surface area (Å²) in [5, 5.41) is 9.52. The first-order valence-electron chi connectivity index (χ1n) is 10.2. The van der Waals surface area contributed by atoms with Crippen LogP contribution in [0, 0.1) is 0 Å². The minimum Gasteiger partial charge on any atom is -0.494 e. The average Bonchev–Trinajstić information content (AvgIpc) is 3.24. The molecule has 0 atom stereocenters. The number of amides is 2. The van der Waals surface area contributed by atoms with Crippen molar-refractivity contribution in [2.45, 2.75) is 39.5 Å². The molecular formula is C23H26N4O4. The highest BCUT2D eigenvalue weighted by molar-refractivity contribution is 6.04. The molecule has 0 unspecified atom stereocenters. The van der Waals surface area contributed by atoms with Gasteiger partial charge in [-0.3, -0.25) is 9.59 Å². The molecule has 0 saturated carbocycles. The molecule has 2 amide bonds. The monoisotopic (exact) mass is 422 g/mol. The molecule has 3 rings (SSSR count). The summed E-state index contributed by atoms with van der Waals surface area (Å²) in [6.07, 6.45) is 0.591. The second kappa shape index (κ2) is 10.4. The number of rotatable bonds is 9. The van der Waals surface area contributed by atoms with Crippen molar-refractivity contribution in [3.8, 4) is 5.75 Å². The van der Waals surface area contributed by atoms with Gasteiger partial charge in [0.05, 0.1) is 6.61 Å². The Bertz CT molecular complexity index is 1010. The predicted octanol–water partition coefficient (Wildman–Crippen LogP) is 4.42. The summed E-state index contributed by atoms with van der Waals surface area (Å²) < 4.78 is 10.5. The Balaban J connectivity index is 1.49. The fraction of sp³-hybridized carbons (Fsp3) is 0.304. The number of nitrogens with zero attached hydrogens (tertiary/aromatic N) is 2. The summed E-state index contributed by atoms with van der Waals surface area (Å²) in [5.41, 5.74) is 1.77. The molecule has 0 aliphatic heterocycles. The van der Waals surface area contributed by atoms with E-state index in [0.29, 0.717) is 41.7 Å². The minimum atomic E-state index is -0.237. The number of carbonyl (C=O) groups excluding carboxylic acids is 2. The van der Waals surface area contributed by atoms with Gasteiger partial charge in [0.15, 0.2) is 5.82 Å². The number of aryl methyl sites for hydroxylation is 1. The molecule has 3 aromatic rings. The van der Waals surface area contributed by atoms with Crippen LogP contribution in [-0.2, 0) is 11.2 Å². The molecule has 1 aromatic heterocycles. The molecule has 0 radical (unpaired) electrons. The molecule has 2 N–H and O–H groups in total. The van der Waals surface area contributed by atoms with Crippen molar-refractivity contribution < 1.29 is 18.8 Å². The number of aromatic nitrogens is 2. The largest absolute Gasteiger partial charge is 0.494 e. The topological polar surface area (TPSA) is 106 Å². The summed E-state index contributed by atoms with van der Waals surface area (Å²) in [6, 6.07) is 13.9. The van der Waals surface area contributed by atoms with Crippen molar-refractivity contribution in [2.75, 3.05) is 17.2 Å². The van der Waals surface area contributed by atoms with Gasteiger partial charge in [-0.25, -0.2) is 0 Å². The van der Waals surface area contributed by atoms with Crippen LogP contribution < -0.4 is 15.4 Å². The zero-order valence-electron chi connectivity index (χ0n) is 17.8. The van der Waals surface area contributed by atoms with Gasteiger partial charge in [-0.05, 0) is 55.5 Å². The van der Waals surface area contributed by atoms with Crippen molar-refractivity contribution in [1.82, 2.24) is 10.1 Å². The normalized spacial score (nSPS) is 10.7. The quantitative estimate of drug-likeness (QED) is 0.529. The molecule has 0 spiro atoms. The summed E-state index contributed by atoms with van der Waals surface area (Å²) in [7, 11) is 0. The third kappa shape index (κ3) is 6.40. The third-order valence-electron chi connectivity index (χ3n) is 4.42. The van der Waals surface area contributed by atoms with E-state index in [1.165, 1.54) is 0 Å². The molecule has 2 aromatic carbocycles. The van der Waals surface area contributed by atoms with Crippen molar-refractivity contribution in [2.24, 2.45) is 0 Å². The zero-order chi connectivity index (χ0) is 22.2. The number of hydrogen-bond acceptors (Lipinski definition) is 6. The van der Waals surface area contributed by atoms with Crippen LogP contribution in [0.2, 0.25) is 0 Å². The number of benzene rings is 2. The lowest BCUT2D eigenvalue weighted by Crippen LogP contribution is -2.14. The van der Waals surface area contributed by atoms with E-state index in [-0.39, 0.29) is 24.2 Å². The van der Waals surface area contributed by atoms with E-state index in [4.69, 9.17) is 9.26 Å². The average molecular weight is 422 g/mol. The van der Waals surface area contributed by atoms with E-state index < -0.39 is 0 Å². The summed E-state index contributed by atoms with van der Waals surface area (Å²) >= 11 is 0. The Morgan fingerprint density at radius 2 is 1.65 bits per heavy atom. The smallest absolute Gasteiger partial charge is 0.255 e. The Hall–Kier alpha value is -3.68. The van der Waals surface area contributed by atoms with Crippen LogP contribution in [0.1, 0.15) is 55.2 Å². The maximum Gasteiger partial charge on any atom is 0.255 e. The fourth-order valence-electron chi connectivity index (χ4n) is 2.76. The maximum atomic E-state index is 12.4. The summed E-state index contributed by atoms with van der Waals surface area (Å²) in [4.78, 5) is 28.8. The summed E-state index contributed by atoms with van der Waals surface area (Å²) in [5.74, 6) is 1.60. The molecule has 1 heterocycles. The first kappa shape index (κ1) is 22.0. The molecule has 8 nitrogen and oxygen atoms in total. The molecule has 8 heteroatoms. The molecule has 0 aliphatic carbocycles. The van der Waals surface area contributed by atoms with Crippen LogP contribution in [0.4, 0.5) is 11.4 Å². The number of ether oxygens (including phenoxy) is 1. The Morgan fingerprint density at radius 1 is 1.00 bits per heavy atom. The SMILES string of the molecule is CCOc1ccc(NC(=O)c2ccc(NC(=O)CCc3nc(C(C)C)no3)cc2)cc1. The van der Waals surface area contributed by atoms with Gasteiger partial charge in [0.1, 0.15) is 5.75 Å². The van der Waals surface area contributed by atoms with Crippen LogP contribution in [0.25, 0.3) is 0 Å². The van der Waals surface area contributed by atoms with Crippen molar-refractivity contribution >= 4 is 23.2 Å². The molecule has 0 fully saturated rings. The molecule has 162 valence electrons. The van der Waals surface area contributed by atoms with Crippen LogP contribution in [-0.4, -0.2) is 28.6 Å². The molecule has 31 heavy (non-hydrogen) atoms. The van der Waals surface area contributed by atoms with Gasteiger partial charge in [-0.15, -0.1) is 0 Å². The number of hydrogen-bond donors (Lipinski definition) is 2. The lowest BCUT2D eigenvalue weighted by molar-refractivity contribution is -0.116. The first-order valence-corrected chi connectivity index (χ1v) is 10.2. The van der Waals surface area contributed by atoms with Crippen molar-refractivity contribution in [1.29, 1.82) is 0 Å². The van der Waals surface area contributed by atoms with E-state index >= 15 is 0 Å². The Kier molecular flexibility index (Phi) is 7.37. The lowest BCUT2D eigenvalue weighted by atomic mass is 10.2. The minimum absolute atomic E-state index is 0.170. The van der Waals surface area contributed by atoms with Crippen molar-refractivity contribution in [3.63, 3.8) is 0 Å². The van der Waals surface area contributed by atoms with E-state index in [1.807, 2.05) is 20.8 Å². The van der Waals surface area contributed by atoms with E-state index in [0.717, 1.165) is 5.75 Å². The highest BCUT2D eigenvalue weighted by atomic mass is 16.5. The highest BCUT2D eigenvalue weighted by Crippen LogP contribution is 2.17. The molecule has 0 aliphatic rings. The highest BCUT2D eigenvalue weighted by Gasteiger charge is 2.12. The number of anilines is 2. The second-order valence-corrected chi connectivity index (χ2v) is 7.24. The maximum absolute atomic E-state index is 12.4. The second-order valence-electron chi connectivity index (χ2n) is 7.24. The van der Waals surface area contributed by atoms with Gasteiger partial charge in [0.25, 0.3) is 5.91 Å². The van der Waals surface area contributed by atoms with Gasteiger partial charge in [0.2, 0.25) is 11.8 Å². The first-order chi connectivity index (χ1) is 14.9. The van der Waals surface area contributed by atoms with E-state index in [9.17, 15) is 9.59 Å². The Labute approximate surface area is 181 Å². The Morgan fingerprint density at radius 3 is 2.26 bits per heavy atom. The van der Waals surface area contributed by atoms with Gasteiger partial charge in [0, 0.05) is 35.7 Å². The molecule has 0 saturated heterocycles.